The zero-order valence-corrected chi connectivity index (χ0v) is 14.4. The smallest absolute Gasteiger partial charge is 0.196 e. The molecule has 0 aliphatic carbocycles. The van der Waals surface area contributed by atoms with Crippen LogP contribution in [-0.2, 0) is 0 Å². The highest BCUT2D eigenvalue weighted by Gasteiger charge is 2.16. The fourth-order valence-corrected chi connectivity index (χ4v) is 4.80. The van der Waals surface area contributed by atoms with Crippen LogP contribution in [0.15, 0.2) is 58.0 Å². The van der Waals surface area contributed by atoms with E-state index in [0.29, 0.717) is 0 Å². The third kappa shape index (κ3) is 2.11. The van der Waals surface area contributed by atoms with Crippen LogP contribution in [0.4, 0.5) is 0 Å². The van der Waals surface area contributed by atoms with Gasteiger partial charge in [-0.3, -0.25) is 4.40 Å². The Kier molecular flexibility index (Phi) is 3.28. The van der Waals surface area contributed by atoms with E-state index in [1.807, 2.05) is 18.2 Å². The Balaban J connectivity index is 2.00. The van der Waals surface area contributed by atoms with Crippen molar-refractivity contribution in [1.29, 1.82) is 0 Å². The average Bonchev–Trinajstić information content (AvgIpc) is 3.04. The molecule has 0 unspecified atom stereocenters. The number of benzene rings is 2. The van der Waals surface area contributed by atoms with Crippen molar-refractivity contribution in [2.45, 2.75) is 4.90 Å². The van der Waals surface area contributed by atoms with Gasteiger partial charge in [0.15, 0.2) is 4.96 Å². The molecule has 0 spiro atoms. The minimum absolute atomic E-state index is 0.998. The number of hydrogen-bond acceptors (Lipinski definition) is 3. The van der Waals surface area contributed by atoms with Gasteiger partial charge in [-0.1, -0.05) is 41.7 Å². The predicted octanol–water partition coefficient (Wildman–Crippen LogP) is 5.70. The summed E-state index contributed by atoms with van der Waals surface area (Å²) in [5.41, 5.74) is 3.33. The van der Waals surface area contributed by atoms with E-state index in [1.54, 1.807) is 23.1 Å². The minimum Gasteiger partial charge on any atom is -0.277 e. The van der Waals surface area contributed by atoms with E-state index in [1.165, 1.54) is 15.1 Å². The maximum Gasteiger partial charge on any atom is 0.196 e. The van der Waals surface area contributed by atoms with Gasteiger partial charge in [0.25, 0.3) is 0 Å². The topological polar surface area (TPSA) is 17.3 Å². The Morgan fingerprint density at radius 2 is 1.95 bits per heavy atom. The molecular formula is C16H11BrN2S2. The van der Waals surface area contributed by atoms with Crippen LogP contribution in [0.25, 0.3) is 26.4 Å². The van der Waals surface area contributed by atoms with Gasteiger partial charge in [-0.2, -0.15) is 0 Å². The van der Waals surface area contributed by atoms with Gasteiger partial charge >= 0.3 is 0 Å². The average molecular weight is 375 g/mol. The summed E-state index contributed by atoms with van der Waals surface area (Å²) in [6.07, 6.45) is 2.10. The van der Waals surface area contributed by atoms with E-state index in [-0.39, 0.29) is 0 Å². The molecule has 0 N–H and O–H groups in total. The van der Waals surface area contributed by atoms with E-state index in [0.717, 1.165) is 20.8 Å². The van der Waals surface area contributed by atoms with Crippen molar-refractivity contribution in [2.75, 3.05) is 6.26 Å². The number of imidazole rings is 1. The molecule has 0 atom stereocenters. The Bertz CT molecular complexity index is 941. The van der Waals surface area contributed by atoms with Gasteiger partial charge in [-0.25, -0.2) is 4.98 Å². The first kappa shape index (κ1) is 13.4. The van der Waals surface area contributed by atoms with Gasteiger partial charge in [0.2, 0.25) is 0 Å². The van der Waals surface area contributed by atoms with Crippen LogP contribution < -0.4 is 0 Å². The van der Waals surface area contributed by atoms with Gasteiger partial charge in [0.05, 0.1) is 10.2 Å². The molecule has 2 aromatic heterocycles. The number of thiazole rings is 1. The van der Waals surface area contributed by atoms with Gasteiger partial charge in [-0.05, 0) is 40.4 Å². The quantitative estimate of drug-likeness (QED) is 0.418. The van der Waals surface area contributed by atoms with Crippen molar-refractivity contribution < 1.29 is 0 Å². The highest BCUT2D eigenvalue weighted by Crippen LogP contribution is 2.36. The molecule has 0 aliphatic rings. The monoisotopic (exact) mass is 374 g/mol. The molecular weight excluding hydrogens is 364 g/mol. The predicted molar refractivity (Wildman–Crippen MR) is 95.5 cm³/mol. The highest BCUT2D eigenvalue weighted by atomic mass is 79.9. The molecule has 2 aromatic carbocycles. The Morgan fingerprint density at radius 1 is 1.14 bits per heavy atom. The lowest BCUT2D eigenvalue weighted by molar-refractivity contribution is 1.25. The van der Waals surface area contributed by atoms with E-state index >= 15 is 0 Å². The molecule has 0 radical (unpaired) electrons. The van der Waals surface area contributed by atoms with Crippen LogP contribution in [0, 0.1) is 0 Å². The lowest BCUT2D eigenvalue weighted by atomic mass is 10.2. The van der Waals surface area contributed by atoms with E-state index in [4.69, 9.17) is 4.98 Å². The second-order valence-corrected chi connectivity index (χ2v) is 7.31. The maximum atomic E-state index is 4.80. The standard InChI is InChI=1S/C16H11BrN2S2/c1-20-11-7-8-12-13(9-11)21-16-18-14(15(17)19(12)16)10-5-3-2-4-6-10/h2-9H,1H3. The summed E-state index contributed by atoms with van der Waals surface area (Å²) in [6.45, 7) is 0. The minimum atomic E-state index is 0.998. The normalized spacial score (nSPS) is 11.5. The molecule has 5 heteroatoms. The third-order valence-corrected chi connectivity index (χ3v) is 5.91. The number of nitrogens with zero attached hydrogens (tertiary/aromatic N) is 2. The molecule has 0 amide bonds. The van der Waals surface area contributed by atoms with Crippen LogP contribution >= 0.6 is 39.0 Å². The second kappa shape index (κ2) is 5.16. The van der Waals surface area contributed by atoms with E-state index in [9.17, 15) is 0 Å². The van der Waals surface area contributed by atoms with Crippen molar-refractivity contribution in [2.24, 2.45) is 0 Å². The highest BCUT2D eigenvalue weighted by molar-refractivity contribution is 9.10. The first-order valence-electron chi connectivity index (χ1n) is 6.48. The van der Waals surface area contributed by atoms with E-state index < -0.39 is 0 Å². The summed E-state index contributed by atoms with van der Waals surface area (Å²) >= 11 is 7.22. The largest absolute Gasteiger partial charge is 0.277 e. The number of rotatable bonds is 2. The zero-order chi connectivity index (χ0) is 14.4. The molecule has 4 rings (SSSR count). The molecule has 0 saturated heterocycles. The summed E-state index contributed by atoms with van der Waals surface area (Å²) in [4.78, 5) is 7.11. The van der Waals surface area contributed by atoms with Crippen LogP contribution in [0.3, 0.4) is 0 Å². The molecule has 2 heterocycles. The van der Waals surface area contributed by atoms with Crippen molar-refractivity contribution >= 4 is 54.2 Å². The molecule has 0 saturated carbocycles. The lowest BCUT2D eigenvalue weighted by Gasteiger charge is -1.99. The van der Waals surface area contributed by atoms with Gasteiger partial charge in [-0.15, -0.1) is 11.8 Å². The Morgan fingerprint density at radius 3 is 2.71 bits per heavy atom. The molecule has 0 aliphatic heterocycles. The lowest BCUT2D eigenvalue weighted by Crippen LogP contribution is -1.82. The van der Waals surface area contributed by atoms with Crippen molar-refractivity contribution in [3.8, 4) is 11.3 Å². The molecule has 21 heavy (non-hydrogen) atoms. The van der Waals surface area contributed by atoms with Gasteiger partial charge < -0.3 is 0 Å². The number of hydrogen-bond donors (Lipinski definition) is 0. The molecule has 2 nitrogen and oxygen atoms in total. The number of thioether (sulfide) groups is 1. The molecule has 0 bridgehead atoms. The van der Waals surface area contributed by atoms with Crippen molar-refractivity contribution in [1.82, 2.24) is 9.38 Å². The number of halogens is 1. The fourth-order valence-electron chi connectivity index (χ4n) is 2.42. The third-order valence-electron chi connectivity index (χ3n) is 3.45. The maximum absolute atomic E-state index is 4.80. The summed E-state index contributed by atoms with van der Waals surface area (Å²) in [5.74, 6) is 0. The van der Waals surface area contributed by atoms with Crippen LogP contribution in [0.1, 0.15) is 0 Å². The Labute approximate surface area is 139 Å². The van der Waals surface area contributed by atoms with Gasteiger partial charge in [0, 0.05) is 10.5 Å². The summed E-state index contributed by atoms with van der Waals surface area (Å²) in [6, 6.07) is 16.8. The van der Waals surface area contributed by atoms with Crippen molar-refractivity contribution in [3.05, 3.63) is 53.1 Å². The SMILES string of the molecule is CSc1ccc2c(c1)sc1nc(-c3ccccc3)c(Br)n12. The second-order valence-electron chi connectivity index (χ2n) is 4.67. The van der Waals surface area contributed by atoms with E-state index in [2.05, 4.69) is 56.9 Å². The number of fused-ring (bicyclic) bond motifs is 3. The fraction of sp³-hybridized carbons (Fsp3) is 0.0625. The zero-order valence-electron chi connectivity index (χ0n) is 11.2. The summed E-state index contributed by atoms with van der Waals surface area (Å²) in [7, 11) is 0. The summed E-state index contributed by atoms with van der Waals surface area (Å²) in [5, 5.41) is 0. The summed E-state index contributed by atoms with van der Waals surface area (Å²) < 4.78 is 4.48. The number of aromatic nitrogens is 2. The Hall–Kier alpha value is -1.30. The molecule has 4 aromatic rings. The molecule has 104 valence electrons. The molecule has 0 fully saturated rings. The van der Waals surface area contributed by atoms with Crippen LogP contribution in [-0.4, -0.2) is 15.6 Å². The van der Waals surface area contributed by atoms with Gasteiger partial charge in [0.1, 0.15) is 10.3 Å². The van der Waals surface area contributed by atoms with Crippen LogP contribution in [0.2, 0.25) is 0 Å². The van der Waals surface area contributed by atoms with Crippen molar-refractivity contribution in [3.63, 3.8) is 0 Å². The first-order valence-corrected chi connectivity index (χ1v) is 9.31. The first-order chi connectivity index (χ1) is 10.3. The van der Waals surface area contributed by atoms with Crippen LogP contribution in [0.5, 0.6) is 0 Å².